The number of benzene rings is 6. The van der Waals surface area contributed by atoms with Gasteiger partial charge >= 0.3 is 0 Å². The molecule has 0 saturated carbocycles. The third-order valence-corrected chi connectivity index (χ3v) is 9.14. The van der Waals surface area contributed by atoms with Crippen LogP contribution in [-0.4, -0.2) is 4.98 Å². The highest BCUT2D eigenvalue weighted by Gasteiger charge is 2.21. The lowest BCUT2D eigenvalue weighted by molar-refractivity contribution is 0.300. The molecule has 1 unspecified atom stereocenters. The number of fused-ring (bicyclic) bond motifs is 6. The molecule has 8 rings (SSSR count). The second-order valence-electron chi connectivity index (χ2n) is 11.9. The van der Waals surface area contributed by atoms with Crippen molar-refractivity contribution in [2.45, 2.75) is 39.2 Å². The third kappa shape index (κ3) is 4.95. The van der Waals surface area contributed by atoms with E-state index < -0.39 is 0 Å². The van der Waals surface area contributed by atoms with Crippen molar-refractivity contribution in [2.75, 3.05) is 0 Å². The molecule has 43 heavy (non-hydrogen) atoms. The van der Waals surface area contributed by atoms with Crippen LogP contribution in [0.2, 0.25) is 0 Å². The maximum absolute atomic E-state index is 6.15. The quantitative estimate of drug-likeness (QED) is 0.190. The van der Waals surface area contributed by atoms with Crippen molar-refractivity contribution in [3.8, 4) is 17.2 Å². The van der Waals surface area contributed by atoms with Gasteiger partial charge < -0.3 is 9.15 Å². The third-order valence-electron chi connectivity index (χ3n) is 9.14. The van der Waals surface area contributed by atoms with Crippen LogP contribution in [0.4, 0.5) is 0 Å². The summed E-state index contributed by atoms with van der Waals surface area (Å²) in [5, 5.41) is 7.95. The molecule has 0 spiro atoms. The van der Waals surface area contributed by atoms with Gasteiger partial charge in [0.1, 0.15) is 23.8 Å². The van der Waals surface area contributed by atoms with Gasteiger partial charge in [-0.1, -0.05) is 91.0 Å². The number of aromatic nitrogens is 1. The van der Waals surface area contributed by atoms with Gasteiger partial charge in [-0.25, -0.2) is 4.98 Å². The molecular formula is C40H33NO2. The van der Waals surface area contributed by atoms with E-state index in [0.29, 0.717) is 18.4 Å². The lowest BCUT2D eigenvalue weighted by atomic mass is 9.78. The Morgan fingerprint density at radius 3 is 2.47 bits per heavy atom. The van der Waals surface area contributed by atoms with Gasteiger partial charge in [-0.05, 0) is 112 Å². The molecule has 1 aliphatic carbocycles. The molecular weight excluding hydrogens is 526 g/mol. The molecule has 6 aromatic carbocycles. The molecule has 3 heteroatoms. The highest BCUT2D eigenvalue weighted by Crippen LogP contribution is 2.36. The predicted molar refractivity (Wildman–Crippen MR) is 176 cm³/mol. The highest BCUT2D eigenvalue weighted by molar-refractivity contribution is 6.08. The van der Waals surface area contributed by atoms with Crippen LogP contribution < -0.4 is 4.74 Å². The van der Waals surface area contributed by atoms with Gasteiger partial charge in [0.25, 0.3) is 0 Å². The molecule has 0 radical (unpaired) electrons. The molecule has 1 atom stereocenters. The largest absolute Gasteiger partial charge is 0.487 e. The van der Waals surface area contributed by atoms with E-state index in [9.17, 15) is 0 Å². The van der Waals surface area contributed by atoms with Gasteiger partial charge in [0, 0.05) is 5.56 Å². The van der Waals surface area contributed by atoms with E-state index in [1.807, 2.05) is 37.3 Å². The zero-order valence-electron chi connectivity index (χ0n) is 24.3. The molecule has 0 fully saturated rings. The second kappa shape index (κ2) is 10.7. The summed E-state index contributed by atoms with van der Waals surface area (Å²) in [6.45, 7) is 2.31. The lowest BCUT2D eigenvalue weighted by Gasteiger charge is -2.26. The van der Waals surface area contributed by atoms with Crippen molar-refractivity contribution < 1.29 is 9.15 Å². The normalized spacial score (nSPS) is 14.8. The first-order valence-electron chi connectivity index (χ1n) is 15.3. The molecule has 7 aromatic rings. The Bertz CT molecular complexity index is 2110. The van der Waals surface area contributed by atoms with E-state index in [0.717, 1.165) is 42.0 Å². The number of rotatable bonds is 6. The van der Waals surface area contributed by atoms with Crippen molar-refractivity contribution in [3.63, 3.8) is 0 Å². The Morgan fingerprint density at radius 2 is 1.53 bits per heavy atom. The molecule has 1 aromatic heterocycles. The summed E-state index contributed by atoms with van der Waals surface area (Å²) in [4.78, 5) is 4.67. The second-order valence-corrected chi connectivity index (χ2v) is 11.9. The topological polar surface area (TPSA) is 35.3 Å². The van der Waals surface area contributed by atoms with Crippen molar-refractivity contribution in [2.24, 2.45) is 5.92 Å². The van der Waals surface area contributed by atoms with Crippen LogP contribution in [0.1, 0.15) is 34.6 Å². The van der Waals surface area contributed by atoms with Gasteiger partial charge in [0.05, 0.1) is 0 Å². The Labute approximate surface area is 251 Å². The van der Waals surface area contributed by atoms with E-state index in [4.69, 9.17) is 9.15 Å². The number of oxazole rings is 1. The molecule has 0 saturated heterocycles. The monoisotopic (exact) mass is 559 g/mol. The van der Waals surface area contributed by atoms with Crippen LogP contribution in [0.15, 0.2) is 120 Å². The van der Waals surface area contributed by atoms with Crippen molar-refractivity contribution in [3.05, 3.63) is 143 Å². The fourth-order valence-electron chi connectivity index (χ4n) is 6.86. The summed E-state index contributed by atoms with van der Waals surface area (Å²) in [5.74, 6) is 2.92. The highest BCUT2D eigenvalue weighted by atomic mass is 16.5. The molecule has 1 heterocycles. The van der Waals surface area contributed by atoms with E-state index in [1.165, 1.54) is 49.9 Å². The molecule has 1 aliphatic rings. The SMILES string of the molecule is Cc1oc(-c2ccccc2)nc1COc1ccc2cc(CC3CCc4c(ccc5c4ccc4ccccc45)C3)ccc2c1. The predicted octanol–water partition coefficient (Wildman–Crippen LogP) is 10.0. The summed E-state index contributed by atoms with van der Waals surface area (Å²) in [6.07, 6.45) is 4.65. The van der Waals surface area contributed by atoms with Crippen LogP contribution in [0.25, 0.3) is 43.8 Å². The average molecular weight is 560 g/mol. The van der Waals surface area contributed by atoms with Gasteiger partial charge in [-0.2, -0.15) is 0 Å². The van der Waals surface area contributed by atoms with Crippen LogP contribution in [-0.2, 0) is 25.9 Å². The van der Waals surface area contributed by atoms with E-state index >= 15 is 0 Å². The van der Waals surface area contributed by atoms with Gasteiger partial charge in [-0.3, -0.25) is 0 Å². The number of hydrogen-bond acceptors (Lipinski definition) is 3. The summed E-state index contributed by atoms with van der Waals surface area (Å²) >= 11 is 0. The van der Waals surface area contributed by atoms with Crippen LogP contribution in [0.3, 0.4) is 0 Å². The van der Waals surface area contributed by atoms with Crippen molar-refractivity contribution >= 4 is 32.3 Å². The minimum atomic E-state index is 0.375. The molecule has 0 N–H and O–H groups in total. The number of hydrogen-bond donors (Lipinski definition) is 0. The maximum Gasteiger partial charge on any atom is 0.226 e. The van der Waals surface area contributed by atoms with Crippen LogP contribution in [0.5, 0.6) is 5.75 Å². The van der Waals surface area contributed by atoms with E-state index in [-0.39, 0.29) is 0 Å². The van der Waals surface area contributed by atoms with E-state index in [1.54, 1.807) is 5.56 Å². The number of nitrogens with zero attached hydrogens (tertiary/aromatic N) is 1. The summed E-state index contributed by atoms with van der Waals surface area (Å²) in [5.41, 5.74) is 6.29. The van der Waals surface area contributed by atoms with Gasteiger partial charge in [0.2, 0.25) is 5.89 Å². The molecule has 3 nitrogen and oxygen atoms in total. The zero-order chi connectivity index (χ0) is 28.8. The number of aryl methyl sites for hydroxylation is 2. The van der Waals surface area contributed by atoms with Crippen molar-refractivity contribution in [1.82, 2.24) is 4.98 Å². The smallest absolute Gasteiger partial charge is 0.226 e. The Hall–Kier alpha value is -4.89. The number of ether oxygens (including phenoxy) is 1. The average Bonchev–Trinajstić information content (AvgIpc) is 3.43. The summed E-state index contributed by atoms with van der Waals surface area (Å²) < 4.78 is 12.0. The first kappa shape index (κ1) is 25.8. The maximum atomic E-state index is 6.15. The molecule has 0 amide bonds. The fourth-order valence-corrected chi connectivity index (χ4v) is 6.86. The zero-order valence-corrected chi connectivity index (χ0v) is 24.3. The summed E-state index contributed by atoms with van der Waals surface area (Å²) in [7, 11) is 0. The minimum Gasteiger partial charge on any atom is -0.487 e. The first-order valence-corrected chi connectivity index (χ1v) is 15.3. The molecule has 0 bridgehead atoms. The molecule has 0 aliphatic heterocycles. The lowest BCUT2D eigenvalue weighted by Crippen LogP contribution is -2.16. The van der Waals surface area contributed by atoms with Crippen molar-refractivity contribution in [1.29, 1.82) is 0 Å². The molecule has 210 valence electrons. The Balaban J connectivity index is 0.956. The first-order chi connectivity index (χ1) is 21.2. The van der Waals surface area contributed by atoms with E-state index in [2.05, 4.69) is 89.9 Å². The summed E-state index contributed by atoms with van der Waals surface area (Å²) in [6, 6.07) is 41.3. The van der Waals surface area contributed by atoms with Crippen LogP contribution in [0, 0.1) is 12.8 Å². The standard InChI is InChI=1S/C40H33NO2/c1-26-39(41-40(43-26)30-8-3-2-4-9-30)25-42-34-17-14-31-22-27(11-13-32(31)24-34)21-28-12-18-36-33(23-28)16-20-37-35-10-6-5-7-29(35)15-19-38(36)37/h2-11,13-17,19-20,22,24,28H,12,18,21,23,25H2,1H3. The Kier molecular flexibility index (Phi) is 6.44. The minimum absolute atomic E-state index is 0.375. The fraction of sp³-hybridized carbons (Fsp3) is 0.175. The van der Waals surface area contributed by atoms with Gasteiger partial charge in [-0.15, -0.1) is 0 Å². The van der Waals surface area contributed by atoms with Gasteiger partial charge in [0.15, 0.2) is 0 Å². The Morgan fingerprint density at radius 1 is 0.744 bits per heavy atom. The van der Waals surface area contributed by atoms with Crippen LogP contribution >= 0.6 is 0 Å².